The zero-order valence-electron chi connectivity index (χ0n) is 16.5. The number of nitrogens with one attached hydrogen (secondary N) is 1. The maximum atomic E-state index is 12.3. The lowest BCUT2D eigenvalue weighted by Gasteiger charge is -2.24. The van der Waals surface area contributed by atoms with Gasteiger partial charge in [-0.1, -0.05) is 41.4 Å². The Balaban J connectivity index is 1.87. The molecule has 5 nitrogen and oxygen atoms in total. The van der Waals surface area contributed by atoms with Crippen LogP contribution in [0.2, 0.25) is 10.0 Å². The lowest BCUT2D eigenvalue weighted by molar-refractivity contribution is -0.119. The lowest BCUT2D eigenvalue weighted by Crippen LogP contribution is -2.41. The number of hydrogen-bond acceptors (Lipinski definition) is 4. The van der Waals surface area contributed by atoms with Crippen molar-refractivity contribution in [2.75, 3.05) is 29.4 Å². The molecule has 0 atom stereocenters. The predicted molar refractivity (Wildman–Crippen MR) is 124 cm³/mol. The van der Waals surface area contributed by atoms with E-state index in [0.717, 1.165) is 33.0 Å². The molecule has 9 heteroatoms. The average molecular weight is 475 g/mol. The quantitative estimate of drug-likeness (QED) is 0.545. The van der Waals surface area contributed by atoms with E-state index in [1.807, 2.05) is 32.0 Å². The van der Waals surface area contributed by atoms with Gasteiger partial charge in [0.2, 0.25) is 15.9 Å². The summed E-state index contributed by atoms with van der Waals surface area (Å²) in [5.41, 5.74) is 3.38. The number of thioether (sulfide) groups is 1. The summed E-state index contributed by atoms with van der Waals surface area (Å²) in [5, 5.41) is 3.82. The average Bonchev–Trinajstić information content (AvgIpc) is 2.64. The molecule has 0 bridgehead atoms. The SMILES string of the molecule is Cc1cccc(N(CC(=O)NCCSCc2ccc(Cl)c(Cl)c2)S(C)(=O)=O)c1C. The van der Waals surface area contributed by atoms with E-state index >= 15 is 0 Å². The predicted octanol–water partition coefficient (Wildman–Crippen LogP) is 4.43. The number of rotatable bonds is 9. The van der Waals surface area contributed by atoms with Crippen molar-refractivity contribution in [3.63, 3.8) is 0 Å². The summed E-state index contributed by atoms with van der Waals surface area (Å²) in [7, 11) is -3.59. The zero-order chi connectivity index (χ0) is 21.6. The minimum absolute atomic E-state index is 0.249. The Hall–Kier alpha value is -1.41. The molecule has 0 heterocycles. The first-order chi connectivity index (χ1) is 13.6. The van der Waals surface area contributed by atoms with Gasteiger partial charge in [-0.15, -0.1) is 0 Å². The van der Waals surface area contributed by atoms with Gasteiger partial charge >= 0.3 is 0 Å². The van der Waals surface area contributed by atoms with Crippen LogP contribution in [0.4, 0.5) is 5.69 Å². The molecule has 2 aromatic rings. The van der Waals surface area contributed by atoms with Gasteiger partial charge in [-0.25, -0.2) is 8.42 Å². The number of nitrogens with zero attached hydrogens (tertiary/aromatic N) is 1. The Morgan fingerprint density at radius 1 is 1.14 bits per heavy atom. The second-order valence-corrected chi connectivity index (χ2v) is 10.5. The third-order valence-electron chi connectivity index (χ3n) is 4.35. The van der Waals surface area contributed by atoms with E-state index in [4.69, 9.17) is 23.2 Å². The monoisotopic (exact) mass is 474 g/mol. The number of benzene rings is 2. The third-order valence-corrected chi connectivity index (χ3v) is 7.25. The summed E-state index contributed by atoms with van der Waals surface area (Å²) < 4.78 is 25.6. The van der Waals surface area contributed by atoms with Gasteiger partial charge < -0.3 is 5.32 Å². The second kappa shape index (κ2) is 10.6. The van der Waals surface area contributed by atoms with Crippen LogP contribution in [0.5, 0.6) is 0 Å². The molecule has 0 aliphatic heterocycles. The van der Waals surface area contributed by atoms with Crippen molar-refractivity contribution >= 4 is 56.6 Å². The summed E-state index contributed by atoms with van der Waals surface area (Å²) in [4.78, 5) is 12.3. The number of halogens is 2. The molecule has 0 spiro atoms. The van der Waals surface area contributed by atoms with Gasteiger partial charge in [0.15, 0.2) is 0 Å². The number of carbonyl (C=O) groups is 1. The molecular weight excluding hydrogens is 451 g/mol. The molecule has 1 N–H and O–H groups in total. The molecule has 29 heavy (non-hydrogen) atoms. The Kier molecular flexibility index (Phi) is 8.70. The Bertz CT molecular complexity index is 982. The number of aryl methyl sites for hydroxylation is 1. The van der Waals surface area contributed by atoms with Gasteiger partial charge in [-0.3, -0.25) is 9.10 Å². The third kappa shape index (κ3) is 7.10. The van der Waals surface area contributed by atoms with Gasteiger partial charge in [0, 0.05) is 18.1 Å². The second-order valence-electron chi connectivity index (χ2n) is 6.64. The van der Waals surface area contributed by atoms with Crippen molar-refractivity contribution in [1.82, 2.24) is 5.32 Å². The van der Waals surface area contributed by atoms with Gasteiger partial charge in [0.05, 0.1) is 22.0 Å². The van der Waals surface area contributed by atoms with E-state index in [2.05, 4.69) is 5.32 Å². The molecule has 158 valence electrons. The first-order valence-electron chi connectivity index (χ1n) is 8.92. The standard InChI is InChI=1S/C20H24Cl2N2O3S2/c1-14-5-4-6-19(15(14)2)24(29(3,26)27)12-20(25)23-9-10-28-13-16-7-8-17(21)18(22)11-16/h4-8,11H,9-10,12-13H2,1-3H3,(H,23,25). The molecule has 0 saturated carbocycles. The van der Waals surface area contributed by atoms with Crippen LogP contribution in [-0.2, 0) is 20.6 Å². The topological polar surface area (TPSA) is 66.5 Å². The number of carbonyl (C=O) groups excluding carboxylic acids is 1. The largest absolute Gasteiger partial charge is 0.354 e. The van der Waals surface area contributed by atoms with E-state index < -0.39 is 10.0 Å². The number of hydrogen-bond donors (Lipinski definition) is 1. The lowest BCUT2D eigenvalue weighted by atomic mass is 10.1. The van der Waals surface area contributed by atoms with Crippen molar-refractivity contribution in [3.8, 4) is 0 Å². The minimum Gasteiger partial charge on any atom is -0.354 e. The van der Waals surface area contributed by atoms with Crippen LogP contribution in [0, 0.1) is 13.8 Å². The van der Waals surface area contributed by atoms with Gasteiger partial charge in [-0.05, 0) is 48.7 Å². The fourth-order valence-corrected chi connectivity index (χ4v) is 4.69. The minimum atomic E-state index is -3.59. The normalized spacial score (nSPS) is 11.3. The van der Waals surface area contributed by atoms with Gasteiger partial charge in [-0.2, -0.15) is 11.8 Å². The molecule has 0 aromatic heterocycles. The molecule has 2 rings (SSSR count). The summed E-state index contributed by atoms with van der Waals surface area (Å²) in [5.74, 6) is 1.09. The van der Waals surface area contributed by atoms with Crippen LogP contribution in [0.25, 0.3) is 0 Å². The Morgan fingerprint density at radius 2 is 1.86 bits per heavy atom. The number of amides is 1. The number of anilines is 1. The Labute approximate surface area is 186 Å². The summed E-state index contributed by atoms with van der Waals surface area (Å²) in [6.45, 7) is 3.95. The fraction of sp³-hybridized carbons (Fsp3) is 0.350. The van der Waals surface area contributed by atoms with Crippen molar-refractivity contribution < 1.29 is 13.2 Å². The molecule has 0 radical (unpaired) electrons. The summed E-state index contributed by atoms with van der Waals surface area (Å²) >= 11 is 13.5. The van der Waals surface area contributed by atoms with Crippen molar-refractivity contribution in [3.05, 3.63) is 63.1 Å². The molecule has 2 aromatic carbocycles. The smallest absolute Gasteiger partial charge is 0.240 e. The molecule has 0 fully saturated rings. The van der Waals surface area contributed by atoms with Crippen LogP contribution in [-0.4, -0.2) is 39.4 Å². The highest BCUT2D eigenvalue weighted by atomic mass is 35.5. The van der Waals surface area contributed by atoms with E-state index in [-0.39, 0.29) is 12.5 Å². The summed E-state index contributed by atoms with van der Waals surface area (Å²) in [6.07, 6.45) is 1.11. The highest BCUT2D eigenvalue weighted by molar-refractivity contribution is 7.98. The van der Waals surface area contributed by atoms with E-state index in [1.54, 1.807) is 30.0 Å². The Morgan fingerprint density at radius 3 is 2.52 bits per heavy atom. The van der Waals surface area contributed by atoms with E-state index in [9.17, 15) is 13.2 Å². The molecular formula is C20H24Cl2N2O3S2. The molecule has 0 saturated heterocycles. The van der Waals surface area contributed by atoms with E-state index in [0.29, 0.717) is 28.0 Å². The molecule has 0 unspecified atom stereocenters. The van der Waals surface area contributed by atoms with Crippen LogP contribution < -0.4 is 9.62 Å². The first kappa shape index (κ1) is 23.9. The van der Waals surface area contributed by atoms with Crippen LogP contribution in [0.1, 0.15) is 16.7 Å². The maximum Gasteiger partial charge on any atom is 0.240 e. The van der Waals surface area contributed by atoms with Crippen molar-refractivity contribution in [1.29, 1.82) is 0 Å². The zero-order valence-corrected chi connectivity index (χ0v) is 19.7. The van der Waals surface area contributed by atoms with Crippen molar-refractivity contribution in [2.45, 2.75) is 19.6 Å². The van der Waals surface area contributed by atoms with Crippen molar-refractivity contribution in [2.24, 2.45) is 0 Å². The highest BCUT2D eigenvalue weighted by Gasteiger charge is 2.22. The molecule has 0 aliphatic rings. The first-order valence-corrected chi connectivity index (χ1v) is 12.7. The van der Waals surface area contributed by atoms with E-state index in [1.165, 1.54) is 0 Å². The van der Waals surface area contributed by atoms with Crippen LogP contribution >= 0.6 is 35.0 Å². The van der Waals surface area contributed by atoms with Crippen LogP contribution in [0.15, 0.2) is 36.4 Å². The highest BCUT2D eigenvalue weighted by Crippen LogP contribution is 2.25. The molecule has 1 amide bonds. The number of sulfonamides is 1. The summed E-state index contributed by atoms with van der Waals surface area (Å²) in [6, 6.07) is 10.9. The van der Waals surface area contributed by atoms with Gasteiger partial charge in [0.25, 0.3) is 0 Å². The molecule has 0 aliphatic carbocycles. The maximum absolute atomic E-state index is 12.3. The fourth-order valence-electron chi connectivity index (χ4n) is 2.66. The van der Waals surface area contributed by atoms with Gasteiger partial charge in [0.1, 0.15) is 6.54 Å². The van der Waals surface area contributed by atoms with Crippen LogP contribution in [0.3, 0.4) is 0 Å².